The lowest BCUT2D eigenvalue weighted by atomic mass is 10.0. The zero-order valence-corrected chi connectivity index (χ0v) is 13.5. The van der Waals surface area contributed by atoms with Crippen molar-refractivity contribution < 1.29 is 19.1 Å². The molecule has 24 heavy (non-hydrogen) atoms. The molecule has 1 aromatic heterocycles. The zero-order valence-electron chi connectivity index (χ0n) is 13.5. The van der Waals surface area contributed by atoms with Crippen molar-refractivity contribution in [3.8, 4) is 0 Å². The second kappa shape index (κ2) is 7.34. The number of hydrogen-bond donors (Lipinski definition) is 1. The molecule has 0 saturated carbocycles. The van der Waals surface area contributed by atoms with E-state index in [1.54, 1.807) is 0 Å². The van der Waals surface area contributed by atoms with Gasteiger partial charge in [0.15, 0.2) is 5.76 Å². The lowest BCUT2D eigenvalue weighted by Crippen LogP contribution is -2.35. The van der Waals surface area contributed by atoms with Crippen LogP contribution in [0.5, 0.6) is 0 Å². The molecular weight excluding hydrogens is 306 g/mol. The van der Waals surface area contributed by atoms with E-state index in [1.807, 2.05) is 23.1 Å². The molecule has 5 nitrogen and oxygen atoms in total. The first-order valence-electron chi connectivity index (χ1n) is 8.32. The standard InChI is InChI=1S/C19H21NO4/c21-18(17-12-15(13-24-17)19(22)23)20-11-5-10-16(20)9-4-8-14-6-2-1-3-7-14/h1-3,6-7,12-13,16H,4-5,8-11H2,(H,22,23). The van der Waals surface area contributed by atoms with Crippen molar-refractivity contribution in [1.29, 1.82) is 0 Å². The molecule has 1 aliphatic rings. The van der Waals surface area contributed by atoms with Crippen molar-refractivity contribution in [3.63, 3.8) is 0 Å². The summed E-state index contributed by atoms with van der Waals surface area (Å²) in [6, 6.07) is 11.8. The minimum atomic E-state index is -1.08. The van der Waals surface area contributed by atoms with Crippen molar-refractivity contribution in [1.82, 2.24) is 4.90 Å². The lowest BCUT2D eigenvalue weighted by Gasteiger charge is -2.23. The molecule has 0 radical (unpaired) electrons. The van der Waals surface area contributed by atoms with Gasteiger partial charge in [0.25, 0.3) is 5.91 Å². The Labute approximate surface area is 140 Å². The van der Waals surface area contributed by atoms with Crippen LogP contribution in [0.3, 0.4) is 0 Å². The summed E-state index contributed by atoms with van der Waals surface area (Å²) in [5.41, 5.74) is 1.32. The third-order valence-electron chi connectivity index (χ3n) is 4.54. The van der Waals surface area contributed by atoms with E-state index in [0.717, 1.165) is 38.4 Å². The first-order chi connectivity index (χ1) is 11.6. The average molecular weight is 327 g/mol. The number of nitrogens with zero attached hydrogens (tertiary/aromatic N) is 1. The Morgan fingerprint density at radius 2 is 2.04 bits per heavy atom. The van der Waals surface area contributed by atoms with E-state index in [0.29, 0.717) is 6.54 Å². The summed E-state index contributed by atoms with van der Waals surface area (Å²) in [5.74, 6) is -1.18. The minimum Gasteiger partial charge on any atom is -0.478 e. The number of carboxylic acids is 1. The summed E-state index contributed by atoms with van der Waals surface area (Å²) < 4.78 is 5.15. The topological polar surface area (TPSA) is 70.7 Å². The first-order valence-corrected chi connectivity index (χ1v) is 8.32. The molecule has 0 aliphatic carbocycles. The minimum absolute atomic E-state index is 0.0122. The third-order valence-corrected chi connectivity index (χ3v) is 4.54. The van der Waals surface area contributed by atoms with E-state index in [-0.39, 0.29) is 23.3 Å². The maximum atomic E-state index is 12.6. The van der Waals surface area contributed by atoms with Crippen molar-refractivity contribution in [2.45, 2.75) is 38.1 Å². The van der Waals surface area contributed by atoms with Gasteiger partial charge in [0.05, 0.1) is 5.56 Å². The Morgan fingerprint density at radius 3 is 2.75 bits per heavy atom. The van der Waals surface area contributed by atoms with Crippen LogP contribution < -0.4 is 0 Å². The van der Waals surface area contributed by atoms with Gasteiger partial charge in [0.1, 0.15) is 6.26 Å². The average Bonchev–Trinajstić information content (AvgIpc) is 3.25. The number of furan rings is 1. The highest BCUT2D eigenvalue weighted by atomic mass is 16.4. The van der Waals surface area contributed by atoms with Crippen LogP contribution >= 0.6 is 0 Å². The molecule has 1 N–H and O–H groups in total. The Balaban J connectivity index is 1.58. The number of hydrogen-bond acceptors (Lipinski definition) is 3. The summed E-state index contributed by atoms with van der Waals surface area (Å²) in [7, 11) is 0. The molecule has 1 fully saturated rings. The highest BCUT2D eigenvalue weighted by molar-refractivity contribution is 5.95. The predicted molar refractivity (Wildman–Crippen MR) is 89.1 cm³/mol. The second-order valence-electron chi connectivity index (χ2n) is 6.18. The second-order valence-corrected chi connectivity index (χ2v) is 6.18. The van der Waals surface area contributed by atoms with Crippen molar-refractivity contribution >= 4 is 11.9 Å². The number of benzene rings is 1. The molecule has 5 heteroatoms. The van der Waals surface area contributed by atoms with Crippen LogP contribution in [0.15, 0.2) is 47.1 Å². The van der Waals surface area contributed by atoms with Gasteiger partial charge in [-0.3, -0.25) is 4.79 Å². The maximum Gasteiger partial charge on any atom is 0.338 e. The normalized spacial score (nSPS) is 17.2. The number of aryl methyl sites for hydroxylation is 1. The Bertz CT molecular complexity index is 707. The first kappa shape index (κ1) is 16.3. The van der Waals surface area contributed by atoms with Gasteiger partial charge in [0.2, 0.25) is 0 Å². The van der Waals surface area contributed by atoms with Gasteiger partial charge in [0, 0.05) is 18.7 Å². The van der Waals surface area contributed by atoms with E-state index >= 15 is 0 Å². The van der Waals surface area contributed by atoms with Crippen molar-refractivity contribution in [2.24, 2.45) is 0 Å². The third kappa shape index (κ3) is 3.67. The molecule has 1 unspecified atom stereocenters. The number of aromatic carboxylic acids is 1. The van der Waals surface area contributed by atoms with E-state index in [9.17, 15) is 9.59 Å². The monoisotopic (exact) mass is 327 g/mol. The summed E-state index contributed by atoms with van der Waals surface area (Å²) in [6.07, 6.45) is 6.07. The Hall–Kier alpha value is -2.56. The van der Waals surface area contributed by atoms with E-state index in [4.69, 9.17) is 9.52 Å². The molecule has 0 bridgehead atoms. The van der Waals surface area contributed by atoms with Crippen LogP contribution in [0, 0.1) is 0 Å². The number of likely N-dealkylation sites (tertiary alicyclic amines) is 1. The SMILES string of the molecule is O=C(O)c1coc(C(=O)N2CCCC2CCCc2ccccc2)c1. The molecule has 1 amide bonds. The highest BCUT2D eigenvalue weighted by Crippen LogP contribution is 2.25. The number of carboxylic acid groups (broad SMARTS) is 1. The molecule has 126 valence electrons. The predicted octanol–water partition coefficient (Wildman–Crippen LogP) is 3.61. The van der Waals surface area contributed by atoms with Crippen LogP contribution in [0.2, 0.25) is 0 Å². The molecule has 1 aliphatic heterocycles. The fraction of sp³-hybridized carbons (Fsp3) is 0.368. The molecule has 1 aromatic carbocycles. The van der Waals surface area contributed by atoms with Gasteiger partial charge in [-0.05, 0) is 37.7 Å². The van der Waals surface area contributed by atoms with Gasteiger partial charge >= 0.3 is 5.97 Å². The van der Waals surface area contributed by atoms with Gasteiger partial charge < -0.3 is 14.4 Å². The van der Waals surface area contributed by atoms with Crippen molar-refractivity contribution in [3.05, 3.63) is 59.5 Å². The molecular formula is C19H21NO4. The van der Waals surface area contributed by atoms with Crippen LogP contribution in [-0.2, 0) is 6.42 Å². The number of amides is 1. The maximum absolute atomic E-state index is 12.6. The van der Waals surface area contributed by atoms with Gasteiger partial charge in [-0.25, -0.2) is 4.79 Å². The van der Waals surface area contributed by atoms with Gasteiger partial charge in [-0.15, -0.1) is 0 Å². The molecule has 1 saturated heterocycles. The largest absolute Gasteiger partial charge is 0.478 e. The van der Waals surface area contributed by atoms with Crippen LogP contribution in [-0.4, -0.2) is 34.5 Å². The summed E-state index contributed by atoms with van der Waals surface area (Å²) >= 11 is 0. The molecule has 1 atom stereocenters. The number of carbonyl (C=O) groups excluding carboxylic acids is 1. The molecule has 3 rings (SSSR count). The molecule has 2 heterocycles. The quantitative estimate of drug-likeness (QED) is 0.880. The van der Waals surface area contributed by atoms with Crippen LogP contribution in [0.1, 0.15) is 52.2 Å². The van der Waals surface area contributed by atoms with E-state index in [1.165, 1.54) is 11.6 Å². The van der Waals surface area contributed by atoms with Gasteiger partial charge in [-0.1, -0.05) is 30.3 Å². The van der Waals surface area contributed by atoms with Crippen LogP contribution in [0.4, 0.5) is 0 Å². The summed E-state index contributed by atoms with van der Waals surface area (Å²) in [6.45, 7) is 0.706. The summed E-state index contributed by atoms with van der Waals surface area (Å²) in [5, 5.41) is 8.94. The smallest absolute Gasteiger partial charge is 0.338 e. The van der Waals surface area contributed by atoms with Crippen LogP contribution in [0.25, 0.3) is 0 Å². The molecule has 0 spiro atoms. The number of rotatable bonds is 6. The zero-order chi connectivity index (χ0) is 16.9. The van der Waals surface area contributed by atoms with Crippen molar-refractivity contribution in [2.75, 3.05) is 6.54 Å². The fourth-order valence-electron chi connectivity index (χ4n) is 3.29. The molecule has 2 aromatic rings. The van der Waals surface area contributed by atoms with E-state index < -0.39 is 5.97 Å². The number of carbonyl (C=O) groups is 2. The Kier molecular flexibility index (Phi) is 4.99. The highest BCUT2D eigenvalue weighted by Gasteiger charge is 2.30. The fourth-order valence-corrected chi connectivity index (χ4v) is 3.29. The van der Waals surface area contributed by atoms with Gasteiger partial charge in [-0.2, -0.15) is 0 Å². The lowest BCUT2D eigenvalue weighted by molar-refractivity contribution is 0.0687. The summed E-state index contributed by atoms with van der Waals surface area (Å²) in [4.78, 5) is 25.3. The van der Waals surface area contributed by atoms with E-state index in [2.05, 4.69) is 12.1 Å². The Morgan fingerprint density at radius 1 is 1.25 bits per heavy atom.